The number of rotatable bonds is 9. The van der Waals surface area contributed by atoms with Crippen molar-refractivity contribution in [1.82, 2.24) is 4.90 Å². The molecule has 114 valence electrons. The quantitative estimate of drug-likeness (QED) is 0.558. The zero-order chi connectivity index (χ0) is 15.0. The SMILES string of the molecule is CO[Si](CCc1ccccc1NCN(C)C)(OC)OC. The van der Waals surface area contributed by atoms with Crippen LogP contribution < -0.4 is 5.32 Å². The summed E-state index contributed by atoms with van der Waals surface area (Å²) in [6, 6.07) is 9.06. The number of anilines is 1. The summed E-state index contributed by atoms with van der Waals surface area (Å²) in [6.45, 7) is 0.804. The Bertz CT molecular complexity index is 389. The highest BCUT2D eigenvalue weighted by Crippen LogP contribution is 2.21. The third-order valence-electron chi connectivity index (χ3n) is 3.24. The van der Waals surface area contributed by atoms with Crippen LogP contribution in [0.1, 0.15) is 5.56 Å². The van der Waals surface area contributed by atoms with Crippen LogP contribution in [0.3, 0.4) is 0 Å². The first-order chi connectivity index (χ1) is 9.56. The fourth-order valence-corrected chi connectivity index (χ4v) is 3.69. The molecule has 0 fully saturated rings. The molecule has 5 nitrogen and oxygen atoms in total. The standard InChI is InChI=1S/C14H26N2O3Si/c1-16(2)12-15-14-9-7-6-8-13(14)10-11-20(17-3,18-4)19-5/h6-9,15H,10-12H2,1-5H3. The summed E-state index contributed by atoms with van der Waals surface area (Å²) >= 11 is 0. The maximum atomic E-state index is 5.46. The minimum absolute atomic E-state index is 0.761. The van der Waals surface area contributed by atoms with Crippen molar-refractivity contribution in [2.75, 3.05) is 47.4 Å². The molecule has 0 saturated carbocycles. The van der Waals surface area contributed by atoms with E-state index in [4.69, 9.17) is 13.3 Å². The third-order valence-corrected chi connectivity index (χ3v) is 5.97. The molecule has 0 heterocycles. The molecule has 20 heavy (non-hydrogen) atoms. The monoisotopic (exact) mass is 298 g/mol. The van der Waals surface area contributed by atoms with Gasteiger partial charge in [-0.25, -0.2) is 0 Å². The Morgan fingerprint density at radius 3 is 2.20 bits per heavy atom. The van der Waals surface area contributed by atoms with Gasteiger partial charge in [0.25, 0.3) is 0 Å². The predicted molar refractivity (Wildman–Crippen MR) is 83.9 cm³/mol. The van der Waals surface area contributed by atoms with Crippen LogP contribution in [0.5, 0.6) is 0 Å². The Morgan fingerprint density at radius 2 is 1.65 bits per heavy atom. The molecule has 0 atom stereocenters. The van der Waals surface area contributed by atoms with E-state index >= 15 is 0 Å². The molecule has 0 aliphatic heterocycles. The zero-order valence-electron chi connectivity index (χ0n) is 13.1. The average Bonchev–Trinajstić information content (AvgIpc) is 2.48. The number of hydrogen-bond acceptors (Lipinski definition) is 5. The molecule has 1 rings (SSSR count). The van der Waals surface area contributed by atoms with Crippen LogP contribution in [0.15, 0.2) is 24.3 Å². The fourth-order valence-electron chi connectivity index (χ4n) is 2.00. The minimum atomic E-state index is -2.51. The van der Waals surface area contributed by atoms with Crippen LogP contribution in [-0.2, 0) is 19.7 Å². The van der Waals surface area contributed by atoms with Gasteiger partial charge in [-0.1, -0.05) is 18.2 Å². The predicted octanol–water partition coefficient (Wildman–Crippen LogP) is 2.04. The van der Waals surface area contributed by atoms with Crippen LogP contribution >= 0.6 is 0 Å². The number of hydrogen-bond donors (Lipinski definition) is 1. The molecule has 0 aromatic heterocycles. The zero-order valence-corrected chi connectivity index (χ0v) is 14.1. The molecule has 6 heteroatoms. The highest BCUT2D eigenvalue weighted by Gasteiger charge is 2.37. The van der Waals surface area contributed by atoms with Gasteiger partial charge in [0, 0.05) is 33.1 Å². The van der Waals surface area contributed by atoms with Gasteiger partial charge in [0.1, 0.15) is 0 Å². The molecule has 0 unspecified atom stereocenters. The Balaban J connectivity index is 2.72. The Kier molecular flexibility index (Phi) is 7.18. The molecular formula is C14H26N2O3Si. The molecule has 0 aliphatic rings. The third kappa shape index (κ3) is 4.88. The molecular weight excluding hydrogens is 272 g/mol. The van der Waals surface area contributed by atoms with Crippen molar-refractivity contribution in [3.05, 3.63) is 29.8 Å². The lowest BCUT2D eigenvalue weighted by Gasteiger charge is -2.25. The molecule has 0 bridgehead atoms. The number of benzene rings is 1. The van der Waals surface area contributed by atoms with E-state index in [-0.39, 0.29) is 0 Å². The normalized spacial score (nSPS) is 11.9. The smallest absolute Gasteiger partial charge is 0.377 e. The van der Waals surface area contributed by atoms with E-state index in [0.29, 0.717) is 0 Å². The molecule has 0 spiro atoms. The lowest BCUT2D eigenvalue weighted by molar-refractivity contribution is 0.124. The first kappa shape index (κ1) is 17.1. The van der Waals surface area contributed by atoms with E-state index in [1.165, 1.54) is 5.56 Å². The first-order valence-electron chi connectivity index (χ1n) is 6.69. The second kappa shape index (κ2) is 8.38. The fraction of sp³-hybridized carbons (Fsp3) is 0.571. The summed E-state index contributed by atoms with van der Waals surface area (Å²) in [5.74, 6) is 0. The molecule has 0 radical (unpaired) electrons. The van der Waals surface area contributed by atoms with Gasteiger partial charge >= 0.3 is 8.80 Å². The molecule has 1 aromatic rings. The lowest BCUT2D eigenvalue weighted by atomic mass is 10.1. The Hall–Kier alpha value is -0.923. The molecule has 0 saturated heterocycles. The van der Waals surface area contributed by atoms with E-state index in [1.807, 2.05) is 26.2 Å². The number of nitrogens with zero attached hydrogens (tertiary/aromatic N) is 1. The van der Waals surface area contributed by atoms with Crippen molar-refractivity contribution in [1.29, 1.82) is 0 Å². The Morgan fingerprint density at radius 1 is 1.05 bits per heavy atom. The van der Waals surface area contributed by atoms with E-state index in [1.54, 1.807) is 21.3 Å². The molecule has 1 N–H and O–H groups in total. The summed E-state index contributed by atoms with van der Waals surface area (Å²) < 4.78 is 16.4. The maximum Gasteiger partial charge on any atom is 0.500 e. The van der Waals surface area contributed by atoms with Gasteiger partial charge in [-0.3, -0.25) is 4.90 Å². The molecule has 0 aliphatic carbocycles. The van der Waals surface area contributed by atoms with E-state index in [9.17, 15) is 0 Å². The van der Waals surface area contributed by atoms with Crippen LogP contribution in [0.25, 0.3) is 0 Å². The van der Waals surface area contributed by atoms with E-state index in [0.717, 1.165) is 24.8 Å². The highest BCUT2D eigenvalue weighted by molar-refractivity contribution is 6.60. The van der Waals surface area contributed by atoms with Crippen molar-refractivity contribution in [3.63, 3.8) is 0 Å². The van der Waals surface area contributed by atoms with Gasteiger partial charge in [-0.15, -0.1) is 0 Å². The first-order valence-corrected chi connectivity index (χ1v) is 8.62. The van der Waals surface area contributed by atoms with E-state index < -0.39 is 8.80 Å². The van der Waals surface area contributed by atoms with Gasteiger partial charge in [-0.2, -0.15) is 0 Å². The summed E-state index contributed by atoms with van der Waals surface area (Å²) in [5.41, 5.74) is 2.39. The number of para-hydroxylation sites is 1. The van der Waals surface area contributed by atoms with E-state index in [2.05, 4.69) is 22.3 Å². The van der Waals surface area contributed by atoms with Crippen LogP contribution in [-0.4, -0.2) is 55.8 Å². The Labute approximate surface area is 123 Å². The maximum absolute atomic E-state index is 5.46. The van der Waals surface area contributed by atoms with Crippen molar-refractivity contribution in [2.24, 2.45) is 0 Å². The van der Waals surface area contributed by atoms with Gasteiger partial charge in [0.15, 0.2) is 0 Å². The molecule has 0 amide bonds. The van der Waals surface area contributed by atoms with Crippen LogP contribution in [0, 0.1) is 0 Å². The van der Waals surface area contributed by atoms with Gasteiger partial charge in [0.05, 0.1) is 6.67 Å². The highest BCUT2D eigenvalue weighted by atomic mass is 28.4. The van der Waals surface area contributed by atoms with Crippen molar-refractivity contribution in [3.8, 4) is 0 Å². The lowest BCUT2D eigenvalue weighted by Crippen LogP contribution is -2.43. The second-order valence-electron chi connectivity index (χ2n) is 4.87. The number of aryl methyl sites for hydroxylation is 1. The molecule has 1 aromatic carbocycles. The van der Waals surface area contributed by atoms with Crippen molar-refractivity contribution >= 4 is 14.5 Å². The van der Waals surface area contributed by atoms with Crippen molar-refractivity contribution < 1.29 is 13.3 Å². The number of nitrogens with one attached hydrogen (secondary N) is 1. The van der Waals surface area contributed by atoms with Gasteiger partial charge in [0.2, 0.25) is 0 Å². The summed E-state index contributed by atoms with van der Waals surface area (Å²) in [5, 5.41) is 3.42. The average molecular weight is 298 g/mol. The van der Waals surface area contributed by atoms with Crippen LogP contribution in [0.2, 0.25) is 6.04 Å². The van der Waals surface area contributed by atoms with Gasteiger partial charge < -0.3 is 18.6 Å². The largest absolute Gasteiger partial charge is 0.500 e. The topological polar surface area (TPSA) is 43.0 Å². The summed E-state index contributed by atoms with van der Waals surface area (Å²) in [6.07, 6.45) is 0.859. The van der Waals surface area contributed by atoms with Gasteiger partial charge in [-0.05, 0) is 32.1 Å². The van der Waals surface area contributed by atoms with Crippen LogP contribution in [0.4, 0.5) is 5.69 Å². The van der Waals surface area contributed by atoms with Crippen molar-refractivity contribution in [2.45, 2.75) is 12.5 Å². The second-order valence-corrected chi connectivity index (χ2v) is 7.96. The summed E-state index contributed by atoms with van der Waals surface area (Å²) in [4.78, 5) is 2.09. The summed E-state index contributed by atoms with van der Waals surface area (Å²) in [7, 11) is 6.51. The minimum Gasteiger partial charge on any atom is -0.377 e.